The molecule has 2 aromatic rings. The predicted octanol–water partition coefficient (Wildman–Crippen LogP) is 0.692. The van der Waals surface area contributed by atoms with Crippen molar-refractivity contribution in [1.82, 2.24) is 20.2 Å². The second kappa shape index (κ2) is 5.19. The van der Waals surface area contributed by atoms with E-state index in [2.05, 4.69) is 39.2 Å². The fourth-order valence-electron chi connectivity index (χ4n) is 2.80. The van der Waals surface area contributed by atoms with Crippen LogP contribution in [0.2, 0.25) is 0 Å². The number of H-pyrrole nitrogens is 2. The van der Waals surface area contributed by atoms with Crippen LogP contribution in [0.5, 0.6) is 0 Å². The zero-order valence-corrected chi connectivity index (χ0v) is 11.2. The lowest BCUT2D eigenvalue weighted by molar-refractivity contribution is 0.183. The first kappa shape index (κ1) is 12.4. The molecular formula is C14H20N4O. The monoisotopic (exact) mass is 260 g/mol. The summed E-state index contributed by atoms with van der Waals surface area (Å²) in [4.78, 5) is 19.3. The van der Waals surface area contributed by atoms with Crippen molar-refractivity contribution in [3.05, 3.63) is 34.2 Å². The van der Waals surface area contributed by atoms with Crippen molar-refractivity contribution in [2.75, 3.05) is 26.2 Å². The van der Waals surface area contributed by atoms with Gasteiger partial charge in [0.1, 0.15) is 0 Å². The van der Waals surface area contributed by atoms with Gasteiger partial charge in [-0.05, 0) is 31.0 Å². The molecule has 0 aliphatic carbocycles. The second-order valence-electron chi connectivity index (χ2n) is 5.30. The highest BCUT2D eigenvalue weighted by molar-refractivity contribution is 5.75. The van der Waals surface area contributed by atoms with Crippen LogP contribution in [0.4, 0.5) is 0 Å². The molecule has 1 aliphatic rings. The van der Waals surface area contributed by atoms with E-state index in [1.807, 2.05) is 6.07 Å². The Bertz CT molecular complexity index is 609. The molecule has 0 saturated carbocycles. The van der Waals surface area contributed by atoms with E-state index in [0.717, 1.165) is 43.6 Å². The number of benzene rings is 1. The standard InChI is InChI=1S/C14H20N4O/c1-10(18-6-4-15-5-7-18)8-11-2-3-12-13(9-11)17-14(19)16-12/h2-3,9-10,15H,4-8H2,1H3,(H2,16,17,19). The molecule has 1 aliphatic heterocycles. The molecule has 5 nitrogen and oxygen atoms in total. The van der Waals surface area contributed by atoms with Gasteiger partial charge in [-0.15, -0.1) is 0 Å². The van der Waals surface area contributed by atoms with Crippen molar-refractivity contribution in [3.63, 3.8) is 0 Å². The summed E-state index contributed by atoms with van der Waals surface area (Å²) in [7, 11) is 0. The number of imidazole rings is 1. The van der Waals surface area contributed by atoms with Gasteiger partial charge in [-0.2, -0.15) is 0 Å². The molecule has 3 N–H and O–H groups in total. The van der Waals surface area contributed by atoms with Crippen molar-refractivity contribution in [2.24, 2.45) is 0 Å². The van der Waals surface area contributed by atoms with Crippen LogP contribution < -0.4 is 11.0 Å². The molecule has 1 unspecified atom stereocenters. The summed E-state index contributed by atoms with van der Waals surface area (Å²) >= 11 is 0. The fraction of sp³-hybridized carbons (Fsp3) is 0.500. The highest BCUT2D eigenvalue weighted by Crippen LogP contribution is 2.14. The molecule has 0 spiro atoms. The summed E-state index contributed by atoms with van der Waals surface area (Å²) in [5.74, 6) is 0. The molecule has 0 radical (unpaired) electrons. The van der Waals surface area contributed by atoms with Crippen LogP contribution in [0.15, 0.2) is 23.0 Å². The Morgan fingerprint density at radius 1 is 1.21 bits per heavy atom. The van der Waals surface area contributed by atoms with Gasteiger partial charge in [0.15, 0.2) is 0 Å². The normalized spacial score (nSPS) is 18.8. The third-order valence-corrected chi connectivity index (χ3v) is 3.89. The van der Waals surface area contributed by atoms with Gasteiger partial charge >= 0.3 is 5.69 Å². The number of nitrogens with one attached hydrogen (secondary N) is 3. The molecule has 2 heterocycles. The number of piperazine rings is 1. The number of aromatic amines is 2. The Labute approximate surface area is 112 Å². The number of nitrogens with zero attached hydrogens (tertiary/aromatic N) is 1. The Morgan fingerprint density at radius 3 is 2.74 bits per heavy atom. The van der Waals surface area contributed by atoms with Crippen LogP contribution in [-0.2, 0) is 6.42 Å². The highest BCUT2D eigenvalue weighted by Gasteiger charge is 2.16. The lowest BCUT2D eigenvalue weighted by atomic mass is 10.0. The first-order valence-electron chi connectivity index (χ1n) is 6.88. The van der Waals surface area contributed by atoms with Gasteiger partial charge in [0.05, 0.1) is 11.0 Å². The first-order chi connectivity index (χ1) is 9.22. The molecule has 0 amide bonds. The molecule has 1 fully saturated rings. The van der Waals surface area contributed by atoms with Crippen LogP contribution in [0.1, 0.15) is 12.5 Å². The van der Waals surface area contributed by atoms with E-state index in [1.165, 1.54) is 5.56 Å². The molecule has 1 atom stereocenters. The minimum atomic E-state index is -0.137. The fourth-order valence-corrected chi connectivity index (χ4v) is 2.80. The van der Waals surface area contributed by atoms with E-state index < -0.39 is 0 Å². The Morgan fingerprint density at radius 2 is 1.95 bits per heavy atom. The van der Waals surface area contributed by atoms with Crippen molar-refractivity contribution in [3.8, 4) is 0 Å². The number of hydrogen-bond donors (Lipinski definition) is 3. The summed E-state index contributed by atoms with van der Waals surface area (Å²) in [6.45, 7) is 6.66. The van der Waals surface area contributed by atoms with Gasteiger partial charge in [0.25, 0.3) is 0 Å². The summed E-state index contributed by atoms with van der Waals surface area (Å²) < 4.78 is 0. The highest BCUT2D eigenvalue weighted by atomic mass is 16.1. The maximum absolute atomic E-state index is 11.2. The number of fused-ring (bicyclic) bond motifs is 1. The van der Waals surface area contributed by atoms with Crippen molar-refractivity contribution in [2.45, 2.75) is 19.4 Å². The van der Waals surface area contributed by atoms with Crippen molar-refractivity contribution in [1.29, 1.82) is 0 Å². The molecular weight excluding hydrogens is 240 g/mol. The lowest BCUT2D eigenvalue weighted by Gasteiger charge is -2.32. The maximum atomic E-state index is 11.2. The van der Waals surface area contributed by atoms with Gasteiger partial charge in [-0.3, -0.25) is 4.90 Å². The van der Waals surface area contributed by atoms with E-state index in [4.69, 9.17) is 0 Å². The van der Waals surface area contributed by atoms with E-state index >= 15 is 0 Å². The summed E-state index contributed by atoms with van der Waals surface area (Å²) in [6.07, 6.45) is 1.02. The van der Waals surface area contributed by atoms with Crippen molar-refractivity contribution >= 4 is 11.0 Å². The summed E-state index contributed by atoms with van der Waals surface area (Å²) in [5, 5.41) is 3.37. The lowest BCUT2D eigenvalue weighted by Crippen LogP contribution is -2.48. The van der Waals surface area contributed by atoms with Gasteiger partial charge in [-0.25, -0.2) is 4.79 Å². The van der Waals surface area contributed by atoms with Gasteiger partial charge < -0.3 is 15.3 Å². The zero-order chi connectivity index (χ0) is 13.2. The van der Waals surface area contributed by atoms with E-state index in [-0.39, 0.29) is 5.69 Å². The van der Waals surface area contributed by atoms with Crippen LogP contribution in [0.3, 0.4) is 0 Å². The van der Waals surface area contributed by atoms with E-state index in [0.29, 0.717) is 6.04 Å². The van der Waals surface area contributed by atoms with Crippen LogP contribution >= 0.6 is 0 Å². The average molecular weight is 260 g/mol. The Hall–Kier alpha value is -1.59. The van der Waals surface area contributed by atoms with E-state index in [9.17, 15) is 4.79 Å². The topological polar surface area (TPSA) is 63.9 Å². The summed E-state index contributed by atoms with van der Waals surface area (Å²) in [5.41, 5.74) is 2.91. The second-order valence-corrected chi connectivity index (χ2v) is 5.30. The Kier molecular flexibility index (Phi) is 3.40. The number of aromatic nitrogens is 2. The predicted molar refractivity (Wildman–Crippen MR) is 76.5 cm³/mol. The molecule has 3 rings (SSSR count). The minimum Gasteiger partial charge on any atom is -0.314 e. The summed E-state index contributed by atoms with van der Waals surface area (Å²) in [6, 6.07) is 6.69. The third-order valence-electron chi connectivity index (χ3n) is 3.89. The first-order valence-corrected chi connectivity index (χ1v) is 6.88. The van der Waals surface area contributed by atoms with Gasteiger partial charge in [0.2, 0.25) is 0 Å². The Balaban J connectivity index is 1.74. The van der Waals surface area contributed by atoms with Gasteiger partial charge in [0, 0.05) is 32.2 Å². The van der Waals surface area contributed by atoms with Crippen LogP contribution in [0.25, 0.3) is 11.0 Å². The molecule has 5 heteroatoms. The van der Waals surface area contributed by atoms with Crippen LogP contribution in [-0.4, -0.2) is 47.1 Å². The largest absolute Gasteiger partial charge is 0.323 e. The van der Waals surface area contributed by atoms with E-state index in [1.54, 1.807) is 0 Å². The average Bonchev–Trinajstić information content (AvgIpc) is 2.79. The quantitative estimate of drug-likeness (QED) is 0.761. The third kappa shape index (κ3) is 2.72. The molecule has 1 aromatic heterocycles. The molecule has 102 valence electrons. The molecule has 19 heavy (non-hydrogen) atoms. The smallest absolute Gasteiger partial charge is 0.314 e. The molecule has 1 saturated heterocycles. The minimum absolute atomic E-state index is 0.137. The number of rotatable bonds is 3. The zero-order valence-electron chi connectivity index (χ0n) is 11.2. The van der Waals surface area contributed by atoms with Crippen LogP contribution in [0, 0.1) is 0 Å². The maximum Gasteiger partial charge on any atom is 0.323 e. The van der Waals surface area contributed by atoms with Gasteiger partial charge in [-0.1, -0.05) is 6.07 Å². The number of hydrogen-bond acceptors (Lipinski definition) is 3. The van der Waals surface area contributed by atoms with Crippen molar-refractivity contribution < 1.29 is 0 Å². The SMILES string of the molecule is CC(Cc1ccc2[nH]c(=O)[nH]c2c1)N1CCNCC1. The molecule has 1 aromatic carbocycles. The molecule has 0 bridgehead atoms.